The number of pyridine rings is 1. The molecule has 5 nitrogen and oxygen atoms in total. The zero-order chi connectivity index (χ0) is 20.5. The van der Waals surface area contributed by atoms with Crippen molar-refractivity contribution in [1.29, 1.82) is 0 Å². The number of nitrogens with zero attached hydrogens (tertiary/aromatic N) is 1. The van der Waals surface area contributed by atoms with Gasteiger partial charge in [-0.2, -0.15) is 13.2 Å². The number of amides is 1. The smallest absolute Gasteiger partial charge is 0.349 e. The Balaban J connectivity index is 2.23. The van der Waals surface area contributed by atoms with Crippen molar-refractivity contribution in [3.8, 4) is 0 Å². The van der Waals surface area contributed by atoms with E-state index in [9.17, 15) is 26.4 Å². The SMILES string of the molecule is Cc1cccc(C(=O)NCC(C)(C)S(=O)(=O)c2cccc(C(F)(F)F)c2)n1. The molecule has 1 aromatic carbocycles. The van der Waals surface area contributed by atoms with Crippen LogP contribution in [0.3, 0.4) is 0 Å². The van der Waals surface area contributed by atoms with Crippen LogP contribution in [-0.4, -0.2) is 30.6 Å². The Labute approximate surface area is 155 Å². The van der Waals surface area contributed by atoms with Crippen LogP contribution in [0.25, 0.3) is 0 Å². The molecule has 2 aromatic rings. The topological polar surface area (TPSA) is 76.1 Å². The van der Waals surface area contributed by atoms with Crippen LogP contribution in [0.1, 0.15) is 35.6 Å². The Kier molecular flexibility index (Phi) is 5.65. The molecule has 0 saturated heterocycles. The maximum absolute atomic E-state index is 12.9. The second-order valence-electron chi connectivity index (χ2n) is 6.64. The van der Waals surface area contributed by atoms with Gasteiger partial charge in [0.05, 0.1) is 15.2 Å². The minimum atomic E-state index is -4.65. The number of benzene rings is 1. The van der Waals surface area contributed by atoms with Crippen LogP contribution in [0.4, 0.5) is 13.2 Å². The fourth-order valence-corrected chi connectivity index (χ4v) is 3.75. The van der Waals surface area contributed by atoms with E-state index in [0.29, 0.717) is 11.8 Å². The quantitative estimate of drug-likeness (QED) is 0.835. The van der Waals surface area contributed by atoms with E-state index < -0.39 is 37.1 Å². The van der Waals surface area contributed by atoms with Crippen molar-refractivity contribution in [3.63, 3.8) is 0 Å². The van der Waals surface area contributed by atoms with Gasteiger partial charge in [-0.25, -0.2) is 13.4 Å². The molecule has 1 aromatic heterocycles. The molecule has 0 aliphatic rings. The standard InChI is InChI=1S/C18H19F3N2O3S/c1-12-6-4-9-15(23-12)16(24)22-11-17(2,3)27(25,26)14-8-5-7-13(10-14)18(19,20)21/h4-10H,11H2,1-3H3,(H,22,24). The number of alkyl halides is 3. The minimum Gasteiger partial charge on any atom is -0.349 e. The Morgan fingerprint density at radius 2 is 1.74 bits per heavy atom. The molecule has 0 aliphatic heterocycles. The number of sulfone groups is 1. The average molecular weight is 400 g/mol. The number of hydrogen-bond donors (Lipinski definition) is 1. The molecular weight excluding hydrogens is 381 g/mol. The highest BCUT2D eigenvalue weighted by Crippen LogP contribution is 2.33. The summed E-state index contributed by atoms with van der Waals surface area (Å²) in [6, 6.07) is 8.38. The van der Waals surface area contributed by atoms with Crippen LogP contribution in [0.5, 0.6) is 0 Å². The minimum absolute atomic E-state index is 0.127. The molecule has 9 heteroatoms. The first-order chi connectivity index (χ1) is 12.3. The van der Waals surface area contributed by atoms with E-state index in [4.69, 9.17) is 0 Å². The summed E-state index contributed by atoms with van der Waals surface area (Å²) in [5.74, 6) is -0.564. The lowest BCUT2D eigenvalue weighted by atomic mass is 10.2. The maximum Gasteiger partial charge on any atom is 0.416 e. The van der Waals surface area contributed by atoms with Crippen molar-refractivity contribution in [3.05, 3.63) is 59.4 Å². The molecular formula is C18H19F3N2O3S. The largest absolute Gasteiger partial charge is 0.416 e. The molecule has 1 heterocycles. The van der Waals surface area contributed by atoms with E-state index in [1.807, 2.05) is 0 Å². The molecule has 0 saturated carbocycles. The molecule has 0 unspecified atom stereocenters. The zero-order valence-electron chi connectivity index (χ0n) is 15.0. The zero-order valence-corrected chi connectivity index (χ0v) is 15.8. The first-order valence-electron chi connectivity index (χ1n) is 7.98. The van der Waals surface area contributed by atoms with Crippen molar-refractivity contribution in [2.45, 2.75) is 36.6 Å². The van der Waals surface area contributed by atoms with E-state index in [0.717, 1.165) is 18.2 Å². The fraction of sp³-hybridized carbons (Fsp3) is 0.333. The summed E-state index contributed by atoms with van der Waals surface area (Å²) in [5, 5.41) is 2.48. The molecule has 27 heavy (non-hydrogen) atoms. The predicted molar refractivity (Wildman–Crippen MR) is 94.0 cm³/mol. The second kappa shape index (κ2) is 7.30. The van der Waals surface area contributed by atoms with Gasteiger partial charge in [0, 0.05) is 12.2 Å². The summed E-state index contributed by atoms with van der Waals surface area (Å²) >= 11 is 0. The summed E-state index contributed by atoms with van der Waals surface area (Å²) in [6.45, 7) is 4.10. The monoisotopic (exact) mass is 400 g/mol. The van der Waals surface area contributed by atoms with Gasteiger partial charge in [0.1, 0.15) is 5.69 Å². The van der Waals surface area contributed by atoms with Gasteiger partial charge in [-0.3, -0.25) is 4.79 Å². The predicted octanol–water partition coefficient (Wildman–Crippen LogP) is 3.39. The molecule has 0 radical (unpaired) electrons. The Morgan fingerprint density at radius 3 is 2.33 bits per heavy atom. The van der Waals surface area contributed by atoms with Gasteiger partial charge in [0.15, 0.2) is 9.84 Å². The van der Waals surface area contributed by atoms with Gasteiger partial charge in [-0.15, -0.1) is 0 Å². The molecule has 0 bridgehead atoms. The summed E-state index contributed by atoms with van der Waals surface area (Å²) in [7, 11) is -4.14. The molecule has 1 amide bonds. The van der Waals surface area contributed by atoms with Crippen molar-refractivity contribution in [2.75, 3.05) is 6.54 Å². The first-order valence-corrected chi connectivity index (χ1v) is 9.47. The second-order valence-corrected chi connectivity index (χ2v) is 9.22. The highest BCUT2D eigenvalue weighted by Gasteiger charge is 2.38. The normalized spacial score (nSPS) is 12.7. The third-order valence-electron chi connectivity index (χ3n) is 3.99. The van der Waals surface area contributed by atoms with Crippen molar-refractivity contribution >= 4 is 15.7 Å². The van der Waals surface area contributed by atoms with Gasteiger partial charge in [0.2, 0.25) is 0 Å². The van der Waals surface area contributed by atoms with E-state index >= 15 is 0 Å². The molecule has 1 N–H and O–H groups in total. The number of halogens is 3. The van der Waals surface area contributed by atoms with Crippen molar-refractivity contribution in [2.24, 2.45) is 0 Å². The Bertz CT molecular complexity index is 954. The number of rotatable bonds is 5. The highest BCUT2D eigenvalue weighted by molar-refractivity contribution is 7.92. The lowest BCUT2D eigenvalue weighted by Gasteiger charge is -2.25. The Morgan fingerprint density at radius 1 is 1.11 bits per heavy atom. The van der Waals surface area contributed by atoms with Crippen LogP contribution in [0.2, 0.25) is 0 Å². The van der Waals surface area contributed by atoms with Crippen molar-refractivity contribution in [1.82, 2.24) is 10.3 Å². The fourth-order valence-electron chi connectivity index (χ4n) is 2.31. The summed E-state index contributed by atoms with van der Waals surface area (Å²) in [4.78, 5) is 15.8. The molecule has 146 valence electrons. The van der Waals surface area contributed by atoms with Gasteiger partial charge < -0.3 is 5.32 Å². The molecule has 0 atom stereocenters. The van der Waals surface area contributed by atoms with E-state index in [2.05, 4.69) is 10.3 Å². The Hall–Kier alpha value is -2.42. The number of carbonyl (C=O) groups is 1. The third kappa shape index (κ3) is 4.65. The number of aryl methyl sites for hydroxylation is 1. The van der Waals surface area contributed by atoms with Gasteiger partial charge in [-0.1, -0.05) is 12.1 Å². The van der Waals surface area contributed by atoms with E-state index in [1.165, 1.54) is 19.9 Å². The number of carbonyl (C=O) groups excluding carboxylic acids is 1. The van der Waals surface area contributed by atoms with Crippen molar-refractivity contribution < 1.29 is 26.4 Å². The number of aromatic nitrogens is 1. The van der Waals surface area contributed by atoms with Crippen LogP contribution in [0, 0.1) is 6.92 Å². The lowest BCUT2D eigenvalue weighted by Crippen LogP contribution is -2.44. The van der Waals surface area contributed by atoms with E-state index in [-0.39, 0.29) is 12.2 Å². The van der Waals surface area contributed by atoms with E-state index in [1.54, 1.807) is 19.1 Å². The summed E-state index contributed by atoms with van der Waals surface area (Å²) in [6.07, 6.45) is -4.65. The maximum atomic E-state index is 12.9. The van der Waals surface area contributed by atoms with Crippen LogP contribution < -0.4 is 5.32 Å². The van der Waals surface area contributed by atoms with Crippen LogP contribution >= 0.6 is 0 Å². The van der Waals surface area contributed by atoms with Crippen LogP contribution in [-0.2, 0) is 16.0 Å². The molecule has 0 aliphatic carbocycles. The third-order valence-corrected chi connectivity index (χ3v) is 6.47. The van der Waals surface area contributed by atoms with Gasteiger partial charge >= 0.3 is 6.18 Å². The molecule has 2 rings (SSSR count). The molecule has 0 spiro atoms. The lowest BCUT2D eigenvalue weighted by molar-refractivity contribution is -0.137. The van der Waals surface area contributed by atoms with Gasteiger partial charge in [0.25, 0.3) is 5.91 Å². The highest BCUT2D eigenvalue weighted by atomic mass is 32.2. The number of hydrogen-bond acceptors (Lipinski definition) is 4. The first kappa shape index (κ1) is 20.9. The average Bonchev–Trinajstić information content (AvgIpc) is 2.59. The van der Waals surface area contributed by atoms with Gasteiger partial charge in [-0.05, 0) is 51.1 Å². The van der Waals surface area contributed by atoms with Crippen LogP contribution in [0.15, 0.2) is 47.4 Å². The summed E-state index contributed by atoms with van der Waals surface area (Å²) < 4.78 is 62.7. The molecule has 0 fully saturated rings. The summed E-state index contributed by atoms with van der Waals surface area (Å²) in [5.41, 5.74) is -0.298. The number of nitrogens with one attached hydrogen (secondary N) is 1.